The lowest BCUT2D eigenvalue weighted by atomic mass is 9.92. The zero-order valence-corrected chi connectivity index (χ0v) is 9.95. The molecule has 0 aromatic carbocycles. The fourth-order valence-corrected chi connectivity index (χ4v) is 2.33. The second kappa shape index (κ2) is 4.95. The molecule has 2 heterocycles. The molecule has 4 heteroatoms. The molecule has 1 aromatic rings. The summed E-state index contributed by atoms with van der Waals surface area (Å²) in [4.78, 5) is 2.11. The molecule has 2 unspecified atom stereocenters. The van der Waals surface area contributed by atoms with Crippen molar-refractivity contribution in [1.29, 1.82) is 0 Å². The number of piperidine rings is 1. The standard InChI is InChI=1S/C12H19FN2O/c1-3-10-4-5-15(8-12(10)13)7-11-6-9(2)14-16-11/h6,10,12H,3-5,7-8H2,1-2H3. The van der Waals surface area contributed by atoms with Crippen molar-refractivity contribution in [2.75, 3.05) is 13.1 Å². The summed E-state index contributed by atoms with van der Waals surface area (Å²) in [6.45, 7) is 6.12. The van der Waals surface area contributed by atoms with Crippen molar-refractivity contribution in [1.82, 2.24) is 10.1 Å². The van der Waals surface area contributed by atoms with Crippen LogP contribution in [0.5, 0.6) is 0 Å². The van der Waals surface area contributed by atoms with Gasteiger partial charge in [0, 0.05) is 12.6 Å². The first-order valence-electron chi connectivity index (χ1n) is 5.97. The fraction of sp³-hybridized carbons (Fsp3) is 0.750. The van der Waals surface area contributed by atoms with Crippen molar-refractivity contribution in [2.24, 2.45) is 5.92 Å². The van der Waals surface area contributed by atoms with Gasteiger partial charge in [-0.1, -0.05) is 18.5 Å². The number of hydrogen-bond donors (Lipinski definition) is 0. The Labute approximate surface area is 95.6 Å². The monoisotopic (exact) mass is 226 g/mol. The van der Waals surface area contributed by atoms with Crippen molar-refractivity contribution in [2.45, 2.75) is 39.4 Å². The third-order valence-corrected chi connectivity index (χ3v) is 3.34. The van der Waals surface area contributed by atoms with Crippen molar-refractivity contribution in [3.8, 4) is 0 Å². The minimum Gasteiger partial charge on any atom is -0.360 e. The first kappa shape index (κ1) is 11.6. The second-order valence-electron chi connectivity index (χ2n) is 4.64. The number of halogens is 1. The molecule has 1 fully saturated rings. The molecular weight excluding hydrogens is 207 g/mol. The number of alkyl halides is 1. The Bertz CT molecular complexity index is 340. The van der Waals surface area contributed by atoms with Crippen molar-refractivity contribution in [3.05, 3.63) is 17.5 Å². The van der Waals surface area contributed by atoms with E-state index in [1.165, 1.54) is 0 Å². The Morgan fingerprint density at radius 1 is 1.62 bits per heavy atom. The van der Waals surface area contributed by atoms with Gasteiger partial charge in [0.25, 0.3) is 0 Å². The predicted molar refractivity (Wildman–Crippen MR) is 59.8 cm³/mol. The molecule has 0 spiro atoms. The maximum Gasteiger partial charge on any atom is 0.150 e. The van der Waals surface area contributed by atoms with Crippen LogP contribution in [-0.4, -0.2) is 29.3 Å². The van der Waals surface area contributed by atoms with Crippen LogP contribution in [0.3, 0.4) is 0 Å². The molecule has 16 heavy (non-hydrogen) atoms. The van der Waals surface area contributed by atoms with E-state index in [2.05, 4.69) is 17.0 Å². The molecule has 1 aromatic heterocycles. The third-order valence-electron chi connectivity index (χ3n) is 3.34. The average molecular weight is 226 g/mol. The molecule has 0 bridgehead atoms. The number of aryl methyl sites for hydroxylation is 1. The Balaban J connectivity index is 1.88. The zero-order valence-electron chi connectivity index (χ0n) is 9.95. The first-order valence-corrected chi connectivity index (χ1v) is 5.97. The van der Waals surface area contributed by atoms with Gasteiger partial charge in [-0.15, -0.1) is 0 Å². The number of rotatable bonds is 3. The van der Waals surface area contributed by atoms with E-state index in [0.29, 0.717) is 13.1 Å². The lowest BCUT2D eigenvalue weighted by Gasteiger charge is -2.33. The molecule has 0 amide bonds. The van der Waals surface area contributed by atoms with E-state index in [9.17, 15) is 4.39 Å². The molecule has 1 aliphatic heterocycles. The minimum absolute atomic E-state index is 0.243. The quantitative estimate of drug-likeness (QED) is 0.793. The van der Waals surface area contributed by atoms with E-state index in [-0.39, 0.29) is 5.92 Å². The second-order valence-corrected chi connectivity index (χ2v) is 4.64. The van der Waals surface area contributed by atoms with Crippen LogP contribution in [0.15, 0.2) is 10.6 Å². The lowest BCUT2D eigenvalue weighted by Crippen LogP contribution is -2.41. The Morgan fingerprint density at radius 3 is 3.00 bits per heavy atom. The third kappa shape index (κ3) is 2.61. The zero-order chi connectivity index (χ0) is 11.5. The predicted octanol–water partition coefficient (Wildman–Crippen LogP) is 2.55. The summed E-state index contributed by atoms with van der Waals surface area (Å²) in [6, 6.07) is 1.92. The Kier molecular flexibility index (Phi) is 3.59. The number of nitrogens with zero attached hydrogens (tertiary/aromatic N) is 2. The van der Waals surface area contributed by atoms with Crippen molar-refractivity contribution >= 4 is 0 Å². The molecule has 0 aliphatic carbocycles. The molecule has 0 radical (unpaired) electrons. The maximum atomic E-state index is 13.7. The van der Waals surface area contributed by atoms with Crippen molar-refractivity contribution < 1.29 is 8.91 Å². The van der Waals surface area contributed by atoms with Gasteiger partial charge in [-0.05, 0) is 25.8 Å². The van der Waals surface area contributed by atoms with Gasteiger partial charge in [0.1, 0.15) is 6.17 Å². The van der Waals surface area contributed by atoms with Gasteiger partial charge in [0.05, 0.1) is 12.2 Å². The summed E-state index contributed by atoms with van der Waals surface area (Å²) >= 11 is 0. The van der Waals surface area contributed by atoms with E-state index in [4.69, 9.17) is 4.52 Å². The highest BCUT2D eigenvalue weighted by Gasteiger charge is 2.28. The molecular formula is C12H19FN2O. The van der Waals surface area contributed by atoms with Crippen LogP contribution in [0.1, 0.15) is 31.2 Å². The summed E-state index contributed by atoms with van der Waals surface area (Å²) in [7, 11) is 0. The van der Waals surface area contributed by atoms with Crippen LogP contribution >= 0.6 is 0 Å². The summed E-state index contributed by atoms with van der Waals surface area (Å²) in [5, 5.41) is 3.84. The summed E-state index contributed by atoms with van der Waals surface area (Å²) < 4.78 is 18.9. The molecule has 1 aliphatic rings. The first-order chi connectivity index (χ1) is 7.69. The van der Waals surface area contributed by atoms with Crippen molar-refractivity contribution in [3.63, 3.8) is 0 Å². The summed E-state index contributed by atoms with van der Waals surface area (Å²) in [5.41, 5.74) is 0.884. The molecule has 2 atom stereocenters. The average Bonchev–Trinajstić information content (AvgIpc) is 2.64. The molecule has 0 N–H and O–H groups in total. The molecule has 2 rings (SSSR count). The van der Waals surface area contributed by atoms with Gasteiger partial charge >= 0.3 is 0 Å². The van der Waals surface area contributed by atoms with E-state index >= 15 is 0 Å². The number of likely N-dealkylation sites (tertiary alicyclic amines) is 1. The van der Waals surface area contributed by atoms with Gasteiger partial charge in [0.15, 0.2) is 5.76 Å². The summed E-state index contributed by atoms with van der Waals surface area (Å²) in [5.74, 6) is 1.08. The van der Waals surface area contributed by atoms with Gasteiger partial charge in [-0.25, -0.2) is 4.39 Å². The van der Waals surface area contributed by atoms with Crippen LogP contribution in [0.25, 0.3) is 0 Å². The largest absolute Gasteiger partial charge is 0.360 e. The van der Waals surface area contributed by atoms with Crippen LogP contribution in [-0.2, 0) is 6.54 Å². The van der Waals surface area contributed by atoms with E-state index < -0.39 is 6.17 Å². The molecule has 1 saturated heterocycles. The van der Waals surface area contributed by atoms with Crippen LogP contribution in [0, 0.1) is 12.8 Å². The smallest absolute Gasteiger partial charge is 0.150 e. The van der Waals surface area contributed by atoms with Gasteiger partial charge in [0.2, 0.25) is 0 Å². The van der Waals surface area contributed by atoms with E-state index in [1.807, 2.05) is 13.0 Å². The lowest BCUT2D eigenvalue weighted by molar-refractivity contribution is 0.0725. The highest BCUT2D eigenvalue weighted by molar-refractivity contribution is 5.03. The topological polar surface area (TPSA) is 29.3 Å². The molecule has 90 valence electrons. The van der Waals surface area contributed by atoms with Crippen LogP contribution < -0.4 is 0 Å². The van der Waals surface area contributed by atoms with Gasteiger partial charge < -0.3 is 4.52 Å². The Hall–Kier alpha value is -0.900. The SMILES string of the molecule is CCC1CCN(Cc2cc(C)no2)CC1F. The van der Waals surface area contributed by atoms with Gasteiger partial charge in [-0.3, -0.25) is 4.90 Å². The Morgan fingerprint density at radius 2 is 2.44 bits per heavy atom. The maximum absolute atomic E-state index is 13.7. The summed E-state index contributed by atoms with van der Waals surface area (Å²) in [6.07, 6.45) is 1.20. The van der Waals surface area contributed by atoms with E-state index in [1.54, 1.807) is 0 Å². The minimum atomic E-state index is -0.692. The van der Waals surface area contributed by atoms with Crippen LogP contribution in [0.4, 0.5) is 4.39 Å². The number of hydrogen-bond acceptors (Lipinski definition) is 3. The highest BCUT2D eigenvalue weighted by atomic mass is 19.1. The molecule has 3 nitrogen and oxygen atoms in total. The number of aromatic nitrogens is 1. The van der Waals surface area contributed by atoms with Crippen LogP contribution in [0.2, 0.25) is 0 Å². The fourth-order valence-electron chi connectivity index (χ4n) is 2.33. The normalized spacial score (nSPS) is 27.2. The molecule has 0 saturated carbocycles. The van der Waals surface area contributed by atoms with Gasteiger partial charge in [-0.2, -0.15) is 0 Å². The van der Waals surface area contributed by atoms with E-state index in [0.717, 1.165) is 30.8 Å². The highest BCUT2D eigenvalue weighted by Crippen LogP contribution is 2.24.